The minimum atomic E-state index is -4.98. The molecule has 8 heteroatoms. The molecule has 2 nitrogen and oxygen atoms in total. The van der Waals surface area contributed by atoms with E-state index in [2.05, 4.69) is 0 Å². The van der Waals surface area contributed by atoms with Crippen LogP contribution in [0.4, 0.5) is 26.3 Å². The van der Waals surface area contributed by atoms with Gasteiger partial charge in [0.05, 0.1) is 44.6 Å². The summed E-state index contributed by atoms with van der Waals surface area (Å²) in [5.74, 6) is 0. The van der Waals surface area contributed by atoms with Crippen molar-refractivity contribution in [3.63, 3.8) is 0 Å². The summed E-state index contributed by atoms with van der Waals surface area (Å²) in [7, 11) is 0. The van der Waals surface area contributed by atoms with E-state index in [4.69, 9.17) is 0 Å². The van der Waals surface area contributed by atoms with Gasteiger partial charge in [-0.3, -0.25) is 0 Å². The first-order chi connectivity index (χ1) is 22.9. The number of hydrogen-bond donors (Lipinski definition) is 0. The van der Waals surface area contributed by atoms with Gasteiger partial charge in [-0.25, -0.2) is 0 Å². The normalized spacial score (nSPS) is 12.6. The van der Waals surface area contributed by atoms with E-state index in [1.807, 2.05) is 108 Å². The highest BCUT2D eigenvalue weighted by atomic mass is 19.4. The SMILES string of the molecule is Cc1cccc2c3ccccc3n(-c3cc(-c4ccccc4C(F)(F)F)c(C(F)(F)F)cc3-n3c4ccccc4c4cccc(C)c43)c12. The van der Waals surface area contributed by atoms with E-state index in [1.165, 1.54) is 18.2 Å². The fourth-order valence-electron chi connectivity index (χ4n) is 7.24. The molecule has 0 saturated heterocycles. The molecule has 0 N–H and O–H groups in total. The molecule has 0 unspecified atom stereocenters. The number of para-hydroxylation sites is 4. The number of fused-ring (bicyclic) bond motifs is 6. The Hall–Kier alpha value is -5.50. The third-order valence-corrected chi connectivity index (χ3v) is 9.22. The lowest BCUT2D eigenvalue weighted by Gasteiger charge is -2.24. The van der Waals surface area contributed by atoms with Crippen molar-refractivity contribution in [3.05, 3.63) is 144 Å². The first kappa shape index (κ1) is 29.9. The Morgan fingerprint density at radius 1 is 0.417 bits per heavy atom. The van der Waals surface area contributed by atoms with Gasteiger partial charge in [0.25, 0.3) is 0 Å². The molecule has 2 heterocycles. The van der Waals surface area contributed by atoms with Gasteiger partial charge >= 0.3 is 12.4 Å². The van der Waals surface area contributed by atoms with Gasteiger partial charge in [-0.15, -0.1) is 0 Å². The lowest BCUT2D eigenvalue weighted by atomic mass is 9.93. The van der Waals surface area contributed by atoms with E-state index in [9.17, 15) is 13.2 Å². The van der Waals surface area contributed by atoms with Crippen LogP contribution in [0.25, 0.3) is 66.1 Å². The fourth-order valence-corrected chi connectivity index (χ4v) is 7.24. The molecular weight excluding hydrogens is 622 g/mol. The van der Waals surface area contributed by atoms with Crippen LogP contribution in [0.5, 0.6) is 0 Å². The van der Waals surface area contributed by atoms with Crippen molar-refractivity contribution in [2.75, 3.05) is 0 Å². The van der Waals surface area contributed by atoms with Crippen LogP contribution in [0, 0.1) is 13.8 Å². The number of benzene rings is 6. The Labute approximate surface area is 271 Å². The zero-order valence-electron chi connectivity index (χ0n) is 25.7. The summed E-state index contributed by atoms with van der Waals surface area (Å²) in [6.45, 7) is 3.83. The molecular formula is C40H26F6N2. The largest absolute Gasteiger partial charge is 0.417 e. The second kappa shape index (κ2) is 10.5. The van der Waals surface area contributed by atoms with Gasteiger partial charge in [-0.05, 0) is 66.4 Å². The summed E-state index contributed by atoms with van der Waals surface area (Å²) >= 11 is 0. The number of nitrogens with zero attached hydrogens (tertiary/aromatic N) is 2. The smallest absolute Gasteiger partial charge is 0.307 e. The highest BCUT2D eigenvalue weighted by Gasteiger charge is 2.39. The van der Waals surface area contributed by atoms with E-state index in [1.54, 1.807) is 0 Å². The van der Waals surface area contributed by atoms with Crippen molar-refractivity contribution in [1.82, 2.24) is 9.13 Å². The first-order valence-electron chi connectivity index (χ1n) is 15.4. The molecule has 0 spiro atoms. The van der Waals surface area contributed by atoms with Crippen molar-refractivity contribution in [3.8, 4) is 22.5 Å². The van der Waals surface area contributed by atoms with Gasteiger partial charge in [0, 0.05) is 21.5 Å². The Balaban J connectivity index is 1.64. The molecule has 8 aromatic rings. The van der Waals surface area contributed by atoms with Crippen LogP contribution in [0.3, 0.4) is 0 Å². The zero-order chi connectivity index (χ0) is 33.5. The lowest BCUT2D eigenvalue weighted by Crippen LogP contribution is -2.14. The quantitative estimate of drug-likeness (QED) is 0.169. The van der Waals surface area contributed by atoms with Crippen LogP contribution in [-0.2, 0) is 12.4 Å². The van der Waals surface area contributed by atoms with Gasteiger partial charge in [0.2, 0.25) is 0 Å². The van der Waals surface area contributed by atoms with E-state index in [-0.39, 0.29) is 5.69 Å². The molecule has 2 aromatic heterocycles. The molecule has 0 aliphatic carbocycles. The molecule has 0 radical (unpaired) electrons. The van der Waals surface area contributed by atoms with Crippen LogP contribution < -0.4 is 0 Å². The van der Waals surface area contributed by atoms with Gasteiger partial charge < -0.3 is 9.13 Å². The highest BCUT2D eigenvalue weighted by Crippen LogP contribution is 2.47. The minimum Gasteiger partial charge on any atom is -0.307 e. The predicted molar refractivity (Wildman–Crippen MR) is 180 cm³/mol. The Morgan fingerprint density at radius 3 is 1.38 bits per heavy atom. The predicted octanol–water partition coefficient (Wildman–Crippen LogP) is 12.2. The zero-order valence-corrected chi connectivity index (χ0v) is 25.7. The number of alkyl halides is 6. The minimum absolute atomic E-state index is 0.196. The second-order valence-corrected chi connectivity index (χ2v) is 12.1. The van der Waals surface area contributed by atoms with E-state index < -0.39 is 34.6 Å². The first-order valence-corrected chi connectivity index (χ1v) is 15.4. The lowest BCUT2D eigenvalue weighted by molar-refractivity contribution is -0.139. The molecule has 0 saturated carbocycles. The summed E-state index contributed by atoms with van der Waals surface area (Å²) in [5, 5.41) is 3.46. The van der Waals surface area contributed by atoms with Crippen LogP contribution in [0.2, 0.25) is 0 Å². The Kier molecular flexibility index (Phi) is 6.54. The van der Waals surface area contributed by atoms with Crippen molar-refractivity contribution in [2.24, 2.45) is 0 Å². The fraction of sp³-hybridized carbons (Fsp3) is 0.100. The van der Waals surface area contributed by atoms with Gasteiger partial charge in [-0.1, -0.05) is 91.0 Å². The van der Waals surface area contributed by atoms with Crippen LogP contribution in [-0.4, -0.2) is 9.13 Å². The van der Waals surface area contributed by atoms with Gasteiger partial charge in [-0.2, -0.15) is 26.3 Å². The van der Waals surface area contributed by atoms with Crippen molar-refractivity contribution in [1.29, 1.82) is 0 Å². The molecule has 0 aliphatic rings. The maximum absolute atomic E-state index is 15.2. The number of aryl methyl sites for hydroxylation is 2. The van der Waals surface area contributed by atoms with E-state index >= 15 is 13.2 Å². The van der Waals surface area contributed by atoms with Crippen LogP contribution in [0.15, 0.2) is 121 Å². The second-order valence-electron chi connectivity index (χ2n) is 12.1. The van der Waals surface area contributed by atoms with E-state index in [0.29, 0.717) is 16.7 Å². The van der Waals surface area contributed by atoms with Crippen molar-refractivity contribution < 1.29 is 26.3 Å². The number of rotatable bonds is 3. The van der Waals surface area contributed by atoms with E-state index in [0.717, 1.165) is 61.9 Å². The average molecular weight is 649 g/mol. The Bertz CT molecular complexity index is 2560. The number of halogens is 6. The Morgan fingerprint density at radius 2 is 0.854 bits per heavy atom. The average Bonchev–Trinajstić information content (AvgIpc) is 3.58. The van der Waals surface area contributed by atoms with Crippen LogP contribution >= 0.6 is 0 Å². The molecule has 48 heavy (non-hydrogen) atoms. The topological polar surface area (TPSA) is 9.86 Å². The molecule has 238 valence electrons. The molecule has 0 atom stereocenters. The van der Waals surface area contributed by atoms with Crippen molar-refractivity contribution >= 4 is 43.6 Å². The highest BCUT2D eigenvalue weighted by molar-refractivity contribution is 6.12. The third-order valence-electron chi connectivity index (χ3n) is 9.22. The molecule has 0 bridgehead atoms. The summed E-state index contributed by atoms with van der Waals surface area (Å²) in [6.07, 6.45) is -9.86. The molecule has 0 amide bonds. The molecule has 6 aromatic carbocycles. The van der Waals surface area contributed by atoms with Crippen LogP contribution in [0.1, 0.15) is 22.3 Å². The number of aromatic nitrogens is 2. The number of hydrogen-bond acceptors (Lipinski definition) is 0. The monoisotopic (exact) mass is 648 g/mol. The van der Waals surface area contributed by atoms with Gasteiger partial charge in [0.1, 0.15) is 0 Å². The summed E-state index contributed by atoms with van der Waals surface area (Å²) in [6, 6.07) is 33.4. The maximum Gasteiger partial charge on any atom is 0.417 e. The summed E-state index contributed by atoms with van der Waals surface area (Å²) < 4.78 is 92.7. The molecule has 0 aliphatic heterocycles. The van der Waals surface area contributed by atoms with Gasteiger partial charge in [0.15, 0.2) is 0 Å². The molecule has 8 rings (SSSR count). The standard InChI is InChI=1S/C40H26F6N2/c1-23-11-9-16-28-26-14-4-7-19-33(26)47(37(23)28)35-21-30(25-13-3-6-18-31(25)39(41,42)43)32(40(44,45)46)22-36(35)48-34-20-8-5-15-27(34)29-17-10-12-24(2)38(29)48/h3-22H,1-2H3. The summed E-state index contributed by atoms with van der Waals surface area (Å²) in [5.41, 5.74) is 1.71. The molecule has 0 fully saturated rings. The third kappa shape index (κ3) is 4.43. The summed E-state index contributed by atoms with van der Waals surface area (Å²) in [4.78, 5) is 0. The van der Waals surface area contributed by atoms with Crippen molar-refractivity contribution in [2.45, 2.75) is 26.2 Å². The maximum atomic E-state index is 15.2.